The van der Waals surface area contributed by atoms with E-state index in [-0.39, 0.29) is 36.8 Å². The van der Waals surface area contributed by atoms with Crippen LogP contribution in [0.3, 0.4) is 0 Å². The molecule has 0 aromatic carbocycles. The van der Waals surface area contributed by atoms with Crippen molar-refractivity contribution in [2.24, 2.45) is 7.05 Å². The summed E-state index contributed by atoms with van der Waals surface area (Å²) < 4.78 is 1.68. The molecule has 8 heteroatoms. The van der Waals surface area contributed by atoms with Crippen LogP contribution in [0.25, 0.3) is 0 Å². The summed E-state index contributed by atoms with van der Waals surface area (Å²) in [6, 6.07) is 3.51. The number of carbonyl (C=O) groups is 1. The first-order valence-corrected chi connectivity index (χ1v) is 6.53. The Labute approximate surface area is 142 Å². The first kappa shape index (κ1) is 20.4. The van der Waals surface area contributed by atoms with Crippen LogP contribution in [0, 0.1) is 0 Å². The highest BCUT2D eigenvalue weighted by atomic mass is 35.5. The minimum absolute atomic E-state index is 0. The van der Waals surface area contributed by atoms with E-state index >= 15 is 0 Å². The number of hydrogen-bond donors (Lipinski definition) is 2. The number of pyridine rings is 1. The topological polar surface area (TPSA) is 71.8 Å². The standard InChI is InChI=1S/C14H19N5O.2ClH/c1-15-13(12-9-18-19(2)10-12)14(20)17-7-5-11-4-3-6-16-8-11;;/h3-4,6,8-10,13,15H,5,7H2,1-2H3,(H,17,20);2*1H. The van der Waals surface area contributed by atoms with Gasteiger partial charge in [-0.25, -0.2) is 0 Å². The van der Waals surface area contributed by atoms with Crippen molar-refractivity contribution in [2.75, 3.05) is 13.6 Å². The number of aryl methyl sites for hydroxylation is 1. The first-order valence-electron chi connectivity index (χ1n) is 6.53. The van der Waals surface area contributed by atoms with E-state index in [1.807, 2.05) is 31.6 Å². The molecule has 0 spiro atoms. The van der Waals surface area contributed by atoms with Gasteiger partial charge < -0.3 is 10.6 Å². The quantitative estimate of drug-likeness (QED) is 0.827. The average molecular weight is 346 g/mol. The Kier molecular flexibility index (Phi) is 9.40. The second-order valence-corrected chi connectivity index (χ2v) is 4.57. The third kappa shape index (κ3) is 5.63. The summed E-state index contributed by atoms with van der Waals surface area (Å²) in [4.78, 5) is 16.2. The highest BCUT2D eigenvalue weighted by Gasteiger charge is 2.19. The Morgan fingerprint density at radius 3 is 2.68 bits per heavy atom. The zero-order valence-corrected chi connectivity index (χ0v) is 14.2. The molecular weight excluding hydrogens is 325 g/mol. The molecule has 0 radical (unpaired) electrons. The smallest absolute Gasteiger partial charge is 0.241 e. The van der Waals surface area contributed by atoms with Gasteiger partial charge in [-0.15, -0.1) is 24.8 Å². The Hall–Kier alpha value is -1.63. The van der Waals surface area contributed by atoms with Crippen LogP contribution in [0.5, 0.6) is 0 Å². The number of amides is 1. The van der Waals surface area contributed by atoms with Crippen LogP contribution in [0.4, 0.5) is 0 Å². The fourth-order valence-corrected chi connectivity index (χ4v) is 2.02. The maximum absolute atomic E-state index is 12.1. The zero-order chi connectivity index (χ0) is 14.4. The van der Waals surface area contributed by atoms with Gasteiger partial charge in [0.15, 0.2) is 0 Å². The number of likely N-dealkylation sites (N-methyl/N-ethyl adjacent to an activating group) is 1. The molecule has 2 rings (SSSR count). The lowest BCUT2D eigenvalue weighted by Crippen LogP contribution is -2.36. The molecule has 2 aromatic rings. The molecular formula is C14H21Cl2N5O. The highest BCUT2D eigenvalue weighted by molar-refractivity contribution is 5.85. The molecule has 0 saturated carbocycles. The second-order valence-electron chi connectivity index (χ2n) is 4.57. The Bertz CT molecular complexity index is 561. The van der Waals surface area contributed by atoms with Gasteiger partial charge in [0.2, 0.25) is 5.91 Å². The van der Waals surface area contributed by atoms with Crippen molar-refractivity contribution in [2.45, 2.75) is 12.5 Å². The molecule has 22 heavy (non-hydrogen) atoms. The molecule has 122 valence electrons. The molecule has 0 aliphatic carbocycles. The van der Waals surface area contributed by atoms with E-state index in [2.05, 4.69) is 20.7 Å². The van der Waals surface area contributed by atoms with Gasteiger partial charge in [0.1, 0.15) is 6.04 Å². The molecule has 2 N–H and O–H groups in total. The minimum Gasteiger partial charge on any atom is -0.354 e. The molecule has 1 amide bonds. The van der Waals surface area contributed by atoms with Crippen molar-refractivity contribution >= 4 is 30.7 Å². The van der Waals surface area contributed by atoms with E-state index < -0.39 is 0 Å². The van der Waals surface area contributed by atoms with Crippen molar-refractivity contribution in [3.05, 3.63) is 48.0 Å². The fourth-order valence-electron chi connectivity index (χ4n) is 2.02. The normalized spacial score (nSPS) is 11.0. The number of aromatic nitrogens is 3. The largest absolute Gasteiger partial charge is 0.354 e. The first-order chi connectivity index (χ1) is 9.70. The van der Waals surface area contributed by atoms with Crippen LogP contribution in [-0.4, -0.2) is 34.3 Å². The molecule has 1 unspecified atom stereocenters. The molecule has 2 aromatic heterocycles. The Morgan fingerprint density at radius 2 is 2.14 bits per heavy atom. The van der Waals surface area contributed by atoms with Gasteiger partial charge in [-0.1, -0.05) is 6.07 Å². The van der Waals surface area contributed by atoms with Gasteiger partial charge in [0.05, 0.1) is 6.20 Å². The summed E-state index contributed by atoms with van der Waals surface area (Å²) in [5.41, 5.74) is 1.96. The molecule has 0 fully saturated rings. The van der Waals surface area contributed by atoms with E-state index in [9.17, 15) is 4.79 Å². The molecule has 0 aliphatic heterocycles. The van der Waals surface area contributed by atoms with Crippen molar-refractivity contribution in [1.82, 2.24) is 25.4 Å². The summed E-state index contributed by atoms with van der Waals surface area (Å²) in [7, 11) is 3.59. The van der Waals surface area contributed by atoms with E-state index in [1.165, 1.54) is 0 Å². The van der Waals surface area contributed by atoms with Crippen LogP contribution >= 0.6 is 24.8 Å². The lowest BCUT2D eigenvalue weighted by molar-refractivity contribution is -0.123. The average Bonchev–Trinajstić information content (AvgIpc) is 2.87. The van der Waals surface area contributed by atoms with Gasteiger partial charge in [-0.05, 0) is 25.1 Å². The number of hydrogen-bond acceptors (Lipinski definition) is 4. The van der Waals surface area contributed by atoms with E-state index in [0.717, 1.165) is 17.5 Å². The van der Waals surface area contributed by atoms with Crippen LogP contribution in [0.1, 0.15) is 17.2 Å². The fraction of sp³-hybridized carbons (Fsp3) is 0.357. The molecule has 1 atom stereocenters. The SMILES string of the molecule is CNC(C(=O)NCCc1cccnc1)c1cnn(C)c1.Cl.Cl. The van der Waals surface area contributed by atoms with Crippen molar-refractivity contribution < 1.29 is 4.79 Å². The van der Waals surface area contributed by atoms with Crippen LogP contribution < -0.4 is 10.6 Å². The Morgan fingerprint density at radius 1 is 1.36 bits per heavy atom. The zero-order valence-electron chi connectivity index (χ0n) is 12.5. The number of nitrogens with one attached hydrogen (secondary N) is 2. The lowest BCUT2D eigenvalue weighted by atomic mass is 10.1. The van der Waals surface area contributed by atoms with Crippen molar-refractivity contribution in [1.29, 1.82) is 0 Å². The summed E-state index contributed by atoms with van der Waals surface area (Å²) in [5.74, 6) is -0.0515. The summed E-state index contributed by atoms with van der Waals surface area (Å²) in [6.45, 7) is 0.586. The molecule has 0 saturated heterocycles. The second kappa shape index (κ2) is 10.2. The van der Waals surface area contributed by atoms with Crippen LogP contribution in [0.15, 0.2) is 36.9 Å². The van der Waals surface area contributed by atoms with E-state index in [4.69, 9.17) is 0 Å². The van der Waals surface area contributed by atoms with Crippen LogP contribution in [0.2, 0.25) is 0 Å². The van der Waals surface area contributed by atoms with Gasteiger partial charge in [-0.2, -0.15) is 5.10 Å². The van der Waals surface area contributed by atoms with E-state index in [0.29, 0.717) is 6.54 Å². The third-order valence-electron chi connectivity index (χ3n) is 3.04. The molecule has 0 aliphatic rings. The predicted octanol–water partition coefficient (Wildman–Crippen LogP) is 1.28. The number of halogens is 2. The molecule has 2 heterocycles. The van der Waals surface area contributed by atoms with Crippen molar-refractivity contribution in [3.63, 3.8) is 0 Å². The maximum Gasteiger partial charge on any atom is 0.241 e. The number of carbonyl (C=O) groups excluding carboxylic acids is 1. The lowest BCUT2D eigenvalue weighted by Gasteiger charge is -2.14. The van der Waals surface area contributed by atoms with Crippen molar-refractivity contribution in [3.8, 4) is 0 Å². The predicted molar refractivity (Wildman–Crippen MR) is 90.5 cm³/mol. The molecule has 0 bridgehead atoms. The summed E-state index contributed by atoms with van der Waals surface area (Å²) in [6.07, 6.45) is 7.84. The Balaban J connectivity index is 0.00000220. The third-order valence-corrected chi connectivity index (χ3v) is 3.04. The van der Waals surface area contributed by atoms with Gasteiger partial charge in [-0.3, -0.25) is 14.5 Å². The highest BCUT2D eigenvalue weighted by Crippen LogP contribution is 2.10. The summed E-state index contributed by atoms with van der Waals surface area (Å²) in [5, 5.41) is 10.0. The number of nitrogens with zero attached hydrogens (tertiary/aromatic N) is 3. The van der Waals surface area contributed by atoms with Crippen LogP contribution in [-0.2, 0) is 18.3 Å². The monoisotopic (exact) mass is 345 g/mol. The number of rotatable bonds is 6. The van der Waals surface area contributed by atoms with Gasteiger partial charge in [0, 0.05) is 37.7 Å². The minimum atomic E-state index is -0.377. The maximum atomic E-state index is 12.1. The van der Waals surface area contributed by atoms with Gasteiger partial charge >= 0.3 is 0 Å². The summed E-state index contributed by atoms with van der Waals surface area (Å²) >= 11 is 0. The molecule has 6 nitrogen and oxygen atoms in total. The van der Waals surface area contributed by atoms with E-state index in [1.54, 1.807) is 24.1 Å². The van der Waals surface area contributed by atoms with Gasteiger partial charge in [0.25, 0.3) is 0 Å².